The van der Waals surface area contributed by atoms with Gasteiger partial charge in [0.25, 0.3) is 0 Å². The lowest BCUT2D eigenvalue weighted by Gasteiger charge is -2.33. The topological polar surface area (TPSA) is 24.9 Å². The van der Waals surface area contributed by atoms with E-state index in [-0.39, 0.29) is 6.10 Å². The van der Waals surface area contributed by atoms with Crippen molar-refractivity contribution in [2.45, 2.75) is 6.10 Å². The zero-order valence-electron chi connectivity index (χ0n) is 18.6. The van der Waals surface area contributed by atoms with Crippen LogP contribution < -0.4 is 0 Å². The molecule has 0 N–H and O–H groups in total. The second kappa shape index (κ2) is 12.3. The summed E-state index contributed by atoms with van der Waals surface area (Å²) >= 11 is 0. The Kier molecular flexibility index (Phi) is 8.64. The summed E-state index contributed by atoms with van der Waals surface area (Å²) in [7, 11) is 0. The normalized spacial score (nSPS) is 15.5. The van der Waals surface area contributed by atoms with E-state index in [2.05, 4.69) is 94.9 Å². The number of piperazine rings is 1. The molecule has 1 aliphatic heterocycles. The third-order valence-electron chi connectivity index (χ3n) is 5.65. The molecule has 1 fully saturated rings. The Morgan fingerprint density at radius 3 is 1.84 bits per heavy atom. The second-order valence-corrected chi connectivity index (χ2v) is 7.95. The molecular formula is C28H32N2O2. The van der Waals surface area contributed by atoms with Crippen LogP contribution in [0, 0.1) is 0 Å². The summed E-state index contributed by atoms with van der Waals surface area (Å²) in [5.41, 5.74) is 3.57. The van der Waals surface area contributed by atoms with Crippen molar-refractivity contribution in [3.63, 3.8) is 0 Å². The second-order valence-electron chi connectivity index (χ2n) is 7.95. The predicted octanol–water partition coefficient (Wildman–Crippen LogP) is 5.06. The molecule has 3 aromatic rings. The maximum absolute atomic E-state index is 6.25. The number of benzene rings is 3. The van der Waals surface area contributed by atoms with Gasteiger partial charge in [-0.25, -0.2) is 0 Å². The SMILES string of the molecule is C(=Cc1ccccc1)CN1CCN(OCCOC(c2ccccc2)c2ccccc2)CC1. The Morgan fingerprint density at radius 2 is 1.25 bits per heavy atom. The number of hydroxylamine groups is 2. The van der Waals surface area contributed by atoms with Crippen molar-refractivity contribution >= 4 is 6.08 Å². The van der Waals surface area contributed by atoms with Gasteiger partial charge in [0.05, 0.1) is 13.2 Å². The zero-order chi connectivity index (χ0) is 21.8. The average Bonchev–Trinajstić information content (AvgIpc) is 2.87. The lowest BCUT2D eigenvalue weighted by molar-refractivity contribution is -0.186. The summed E-state index contributed by atoms with van der Waals surface area (Å²) < 4.78 is 6.25. The Bertz CT molecular complexity index is 884. The fourth-order valence-corrected chi connectivity index (χ4v) is 3.92. The third kappa shape index (κ3) is 6.87. The first-order chi connectivity index (χ1) is 15.9. The van der Waals surface area contributed by atoms with Crippen LogP contribution in [0.1, 0.15) is 22.8 Å². The van der Waals surface area contributed by atoms with E-state index in [1.54, 1.807) is 0 Å². The molecule has 0 aliphatic carbocycles. The quantitative estimate of drug-likeness (QED) is 0.422. The van der Waals surface area contributed by atoms with Gasteiger partial charge >= 0.3 is 0 Å². The van der Waals surface area contributed by atoms with E-state index in [1.807, 2.05) is 18.2 Å². The van der Waals surface area contributed by atoms with Gasteiger partial charge in [-0.1, -0.05) is 103 Å². The van der Waals surface area contributed by atoms with Crippen molar-refractivity contribution in [3.8, 4) is 0 Å². The first-order valence-corrected chi connectivity index (χ1v) is 11.4. The van der Waals surface area contributed by atoms with Crippen molar-refractivity contribution in [1.82, 2.24) is 9.96 Å². The highest BCUT2D eigenvalue weighted by atomic mass is 16.7. The van der Waals surface area contributed by atoms with Gasteiger partial charge in [0, 0.05) is 32.7 Å². The maximum atomic E-state index is 6.25. The van der Waals surface area contributed by atoms with Crippen LogP contribution >= 0.6 is 0 Å². The molecule has 4 rings (SSSR count). The minimum absolute atomic E-state index is 0.0748. The highest BCUT2D eigenvalue weighted by Gasteiger charge is 2.17. The largest absolute Gasteiger partial charge is 0.366 e. The van der Waals surface area contributed by atoms with Crippen LogP contribution in [0.5, 0.6) is 0 Å². The first kappa shape index (κ1) is 22.4. The average molecular weight is 429 g/mol. The van der Waals surface area contributed by atoms with E-state index in [0.29, 0.717) is 13.2 Å². The van der Waals surface area contributed by atoms with Gasteiger partial charge in [0.15, 0.2) is 0 Å². The number of rotatable bonds is 10. The summed E-state index contributed by atoms with van der Waals surface area (Å²) in [4.78, 5) is 8.45. The summed E-state index contributed by atoms with van der Waals surface area (Å²) in [6.45, 7) is 5.94. The highest BCUT2D eigenvalue weighted by Crippen LogP contribution is 2.25. The van der Waals surface area contributed by atoms with Gasteiger partial charge in [0.1, 0.15) is 6.10 Å². The van der Waals surface area contributed by atoms with E-state index in [1.165, 1.54) is 5.56 Å². The van der Waals surface area contributed by atoms with Crippen molar-refractivity contribution in [3.05, 3.63) is 114 Å². The predicted molar refractivity (Wildman–Crippen MR) is 130 cm³/mol. The van der Waals surface area contributed by atoms with Gasteiger partial charge < -0.3 is 4.74 Å². The molecule has 166 valence electrons. The lowest BCUT2D eigenvalue weighted by atomic mass is 10.0. The molecule has 1 heterocycles. The molecule has 0 amide bonds. The summed E-state index contributed by atoms with van der Waals surface area (Å²) in [5.74, 6) is 0. The van der Waals surface area contributed by atoms with Gasteiger partial charge in [-0.2, -0.15) is 5.06 Å². The van der Waals surface area contributed by atoms with Gasteiger partial charge in [-0.15, -0.1) is 0 Å². The van der Waals surface area contributed by atoms with Crippen LogP contribution in [0.25, 0.3) is 6.08 Å². The molecular weight excluding hydrogens is 396 g/mol. The molecule has 0 aromatic heterocycles. The first-order valence-electron chi connectivity index (χ1n) is 11.4. The van der Waals surface area contributed by atoms with Crippen molar-refractivity contribution < 1.29 is 9.57 Å². The summed E-state index contributed by atoms with van der Waals surface area (Å²) in [6.07, 6.45) is 4.36. The van der Waals surface area contributed by atoms with E-state index < -0.39 is 0 Å². The van der Waals surface area contributed by atoms with Crippen molar-refractivity contribution in [2.24, 2.45) is 0 Å². The zero-order valence-corrected chi connectivity index (χ0v) is 18.6. The lowest BCUT2D eigenvalue weighted by Crippen LogP contribution is -2.46. The number of hydrogen-bond donors (Lipinski definition) is 0. The molecule has 0 saturated carbocycles. The van der Waals surface area contributed by atoms with E-state index in [4.69, 9.17) is 9.57 Å². The number of nitrogens with zero attached hydrogens (tertiary/aromatic N) is 2. The minimum Gasteiger partial charge on any atom is -0.366 e. The molecule has 4 nitrogen and oxygen atoms in total. The van der Waals surface area contributed by atoms with Crippen LogP contribution in [-0.2, 0) is 9.57 Å². The van der Waals surface area contributed by atoms with Crippen LogP contribution in [0.4, 0.5) is 0 Å². The molecule has 1 aliphatic rings. The smallest absolute Gasteiger partial charge is 0.108 e. The molecule has 1 saturated heterocycles. The van der Waals surface area contributed by atoms with E-state index in [0.717, 1.165) is 43.9 Å². The fraction of sp³-hybridized carbons (Fsp3) is 0.286. The fourth-order valence-electron chi connectivity index (χ4n) is 3.92. The molecule has 3 aromatic carbocycles. The highest BCUT2D eigenvalue weighted by molar-refractivity contribution is 5.48. The van der Waals surface area contributed by atoms with Crippen molar-refractivity contribution in [2.75, 3.05) is 45.9 Å². The molecule has 32 heavy (non-hydrogen) atoms. The van der Waals surface area contributed by atoms with Crippen LogP contribution in [0.15, 0.2) is 97.1 Å². The molecule has 0 bridgehead atoms. The monoisotopic (exact) mass is 428 g/mol. The summed E-state index contributed by atoms with van der Waals surface area (Å²) in [5, 5.41) is 2.07. The molecule has 0 unspecified atom stereocenters. The van der Waals surface area contributed by atoms with E-state index in [9.17, 15) is 0 Å². The molecule has 0 radical (unpaired) electrons. The van der Waals surface area contributed by atoms with Crippen LogP contribution in [-0.4, -0.2) is 55.9 Å². The molecule has 0 atom stereocenters. The van der Waals surface area contributed by atoms with E-state index >= 15 is 0 Å². The Morgan fingerprint density at radius 1 is 0.688 bits per heavy atom. The summed E-state index contributed by atoms with van der Waals surface area (Å²) in [6, 6.07) is 31.2. The Balaban J connectivity index is 1.18. The molecule has 0 spiro atoms. The standard InChI is InChI=1S/C28H32N2O2/c1-4-11-25(12-5-1)13-10-18-29-19-21-30(22-20-29)32-24-23-31-28(26-14-6-2-7-15-26)27-16-8-3-9-17-27/h1-17,28H,18-24H2. The maximum Gasteiger partial charge on any atom is 0.108 e. The molecule has 4 heteroatoms. The van der Waals surface area contributed by atoms with Crippen LogP contribution in [0.3, 0.4) is 0 Å². The van der Waals surface area contributed by atoms with Crippen LogP contribution in [0.2, 0.25) is 0 Å². The Hall–Kier alpha value is -2.76. The van der Waals surface area contributed by atoms with Gasteiger partial charge in [-0.05, 0) is 16.7 Å². The minimum atomic E-state index is -0.0748. The van der Waals surface area contributed by atoms with Gasteiger partial charge in [-0.3, -0.25) is 9.74 Å². The Labute approximate surface area is 191 Å². The van der Waals surface area contributed by atoms with Crippen molar-refractivity contribution in [1.29, 1.82) is 0 Å². The number of hydrogen-bond acceptors (Lipinski definition) is 4. The third-order valence-corrected chi connectivity index (χ3v) is 5.65. The number of ether oxygens (including phenoxy) is 1. The van der Waals surface area contributed by atoms with Gasteiger partial charge in [0.2, 0.25) is 0 Å².